The number of piperidine rings is 1. The maximum Gasteiger partial charge on any atom is 0.221 e. The van der Waals surface area contributed by atoms with Crippen LogP contribution in [0.15, 0.2) is 0 Å². The van der Waals surface area contributed by atoms with Crippen molar-refractivity contribution in [1.29, 1.82) is 0 Å². The van der Waals surface area contributed by atoms with Crippen LogP contribution in [0.25, 0.3) is 0 Å². The number of methoxy groups -OCH3 is 1. The molecule has 0 aromatic heterocycles. The monoisotopic (exact) mass is 349 g/mol. The first-order valence-corrected chi connectivity index (χ1v) is 8.20. The Hall–Kier alpha value is -0.850. The Morgan fingerprint density at radius 1 is 1.17 bits per heavy atom. The Kier molecular flexibility index (Phi) is 11.2. The maximum absolute atomic E-state index is 11.9. The molecule has 1 rings (SSSR count). The topological polar surface area (TPSA) is 79.5 Å². The van der Waals surface area contributed by atoms with E-state index in [2.05, 4.69) is 16.0 Å². The molecule has 7 heteroatoms. The van der Waals surface area contributed by atoms with E-state index in [1.807, 2.05) is 13.8 Å². The van der Waals surface area contributed by atoms with E-state index >= 15 is 0 Å². The SMILES string of the molecule is COCC1(CNC(=O)CCNC(=O)CC(C)C)CCNCC1.Cl. The number of ether oxygens (including phenoxy) is 1. The Balaban J connectivity index is 0.00000484. The minimum absolute atomic E-state index is 0. The van der Waals surface area contributed by atoms with Crippen LogP contribution in [0.5, 0.6) is 0 Å². The van der Waals surface area contributed by atoms with Gasteiger partial charge in [-0.3, -0.25) is 9.59 Å². The summed E-state index contributed by atoms with van der Waals surface area (Å²) in [7, 11) is 1.70. The summed E-state index contributed by atoms with van der Waals surface area (Å²) < 4.78 is 5.33. The maximum atomic E-state index is 11.9. The van der Waals surface area contributed by atoms with Crippen molar-refractivity contribution >= 4 is 24.2 Å². The standard InChI is InChI=1S/C16H31N3O3.ClH/c1-13(2)10-15(21)18-7-4-14(20)19-11-16(12-22-3)5-8-17-9-6-16;/h13,17H,4-12H2,1-3H3,(H,18,21)(H,19,20);1H. The van der Waals surface area contributed by atoms with Crippen LogP contribution >= 0.6 is 12.4 Å². The van der Waals surface area contributed by atoms with E-state index in [-0.39, 0.29) is 29.6 Å². The number of hydrogen-bond acceptors (Lipinski definition) is 4. The molecular formula is C16H32ClN3O3. The van der Waals surface area contributed by atoms with Gasteiger partial charge >= 0.3 is 0 Å². The quantitative estimate of drug-likeness (QED) is 0.582. The molecule has 136 valence electrons. The number of carbonyl (C=O) groups excluding carboxylic acids is 2. The van der Waals surface area contributed by atoms with Crippen LogP contribution in [-0.2, 0) is 14.3 Å². The molecule has 0 spiro atoms. The molecule has 1 aliphatic rings. The molecule has 1 saturated heterocycles. The minimum atomic E-state index is -0.0149. The van der Waals surface area contributed by atoms with Crippen LogP contribution in [0, 0.1) is 11.3 Å². The van der Waals surface area contributed by atoms with Crippen molar-refractivity contribution in [1.82, 2.24) is 16.0 Å². The summed E-state index contributed by atoms with van der Waals surface area (Å²) in [5, 5.41) is 9.11. The van der Waals surface area contributed by atoms with Crippen LogP contribution in [0.2, 0.25) is 0 Å². The zero-order valence-electron chi connectivity index (χ0n) is 14.6. The van der Waals surface area contributed by atoms with Crippen molar-refractivity contribution in [2.24, 2.45) is 11.3 Å². The van der Waals surface area contributed by atoms with Gasteiger partial charge in [0.1, 0.15) is 0 Å². The lowest BCUT2D eigenvalue weighted by atomic mass is 9.79. The molecule has 0 atom stereocenters. The Labute approximate surface area is 145 Å². The van der Waals surface area contributed by atoms with Crippen molar-refractivity contribution in [2.75, 3.05) is 39.9 Å². The highest BCUT2D eigenvalue weighted by Crippen LogP contribution is 2.28. The van der Waals surface area contributed by atoms with Crippen LogP contribution < -0.4 is 16.0 Å². The Morgan fingerprint density at radius 2 is 1.83 bits per heavy atom. The molecule has 6 nitrogen and oxygen atoms in total. The number of nitrogens with one attached hydrogen (secondary N) is 3. The van der Waals surface area contributed by atoms with Crippen LogP contribution in [0.1, 0.15) is 39.5 Å². The fraction of sp³-hybridized carbons (Fsp3) is 0.875. The summed E-state index contributed by atoms with van der Waals surface area (Å²) in [6.45, 7) is 7.63. The van der Waals surface area contributed by atoms with Gasteiger partial charge in [-0.15, -0.1) is 12.4 Å². The molecule has 0 saturated carbocycles. The highest BCUT2D eigenvalue weighted by Gasteiger charge is 2.32. The van der Waals surface area contributed by atoms with E-state index in [1.165, 1.54) is 0 Å². The molecule has 1 fully saturated rings. The number of carbonyl (C=O) groups is 2. The second-order valence-corrected chi connectivity index (χ2v) is 6.66. The van der Waals surface area contributed by atoms with Crippen LogP contribution in [0.3, 0.4) is 0 Å². The Morgan fingerprint density at radius 3 is 2.39 bits per heavy atom. The van der Waals surface area contributed by atoms with Crippen molar-refractivity contribution in [3.63, 3.8) is 0 Å². The molecule has 0 unspecified atom stereocenters. The van der Waals surface area contributed by atoms with Gasteiger partial charge in [0.2, 0.25) is 11.8 Å². The van der Waals surface area contributed by atoms with Crippen molar-refractivity contribution < 1.29 is 14.3 Å². The Bertz CT molecular complexity index is 353. The van der Waals surface area contributed by atoms with Gasteiger partial charge in [0.15, 0.2) is 0 Å². The van der Waals surface area contributed by atoms with E-state index in [4.69, 9.17) is 4.74 Å². The van der Waals surface area contributed by atoms with Crippen molar-refractivity contribution in [3.05, 3.63) is 0 Å². The molecule has 23 heavy (non-hydrogen) atoms. The second-order valence-electron chi connectivity index (χ2n) is 6.66. The summed E-state index contributed by atoms with van der Waals surface area (Å²) in [5.41, 5.74) is 0.0382. The summed E-state index contributed by atoms with van der Waals surface area (Å²) in [4.78, 5) is 23.4. The fourth-order valence-electron chi connectivity index (χ4n) is 2.77. The first-order valence-electron chi connectivity index (χ1n) is 8.20. The van der Waals surface area contributed by atoms with Gasteiger partial charge in [0, 0.05) is 38.5 Å². The smallest absolute Gasteiger partial charge is 0.221 e. The van der Waals surface area contributed by atoms with Crippen molar-refractivity contribution in [3.8, 4) is 0 Å². The lowest BCUT2D eigenvalue weighted by Gasteiger charge is -2.37. The number of rotatable bonds is 9. The van der Waals surface area contributed by atoms with Gasteiger partial charge in [0.25, 0.3) is 0 Å². The molecule has 1 aliphatic heterocycles. The summed E-state index contributed by atoms with van der Waals surface area (Å²) in [6.07, 6.45) is 2.84. The van der Waals surface area contributed by atoms with E-state index in [0.717, 1.165) is 25.9 Å². The number of halogens is 1. The highest BCUT2D eigenvalue weighted by atomic mass is 35.5. The zero-order chi connectivity index (χ0) is 16.4. The third kappa shape index (κ3) is 9.13. The predicted molar refractivity (Wildman–Crippen MR) is 93.8 cm³/mol. The lowest BCUT2D eigenvalue weighted by Crippen LogP contribution is -2.47. The lowest BCUT2D eigenvalue weighted by molar-refractivity contribution is -0.123. The van der Waals surface area contributed by atoms with Gasteiger partial charge in [-0.05, 0) is 31.8 Å². The molecular weight excluding hydrogens is 318 g/mol. The molecule has 3 N–H and O–H groups in total. The molecule has 1 heterocycles. The largest absolute Gasteiger partial charge is 0.384 e. The first-order chi connectivity index (χ1) is 10.5. The average molecular weight is 350 g/mol. The van der Waals surface area contributed by atoms with Gasteiger partial charge in [-0.2, -0.15) is 0 Å². The van der Waals surface area contributed by atoms with Gasteiger partial charge in [-0.1, -0.05) is 13.8 Å². The minimum Gasteiger partial charge on any atom is -0.384 e. The molecule has 0 aromatic carbocycles. The summed E-state index contributed by atoms with van der Waals surface area (Å²) in [5.74, 6) is 0.332. The highest BCUT2D eigenvalue weighted by molar-refractivity contribution is 5.85. The molecule has 0 radical (unpaired) electrons. The van der Waals surface area contributed by atoms with Crippen LogP contribution in [0.4, 0.5) is 0 Å². The number of hydrogen-bond donors (Lipinski definition) is 3. The third-order valence-electron chi connectivity index (χ3n) is 4.04. The summed E-state index contributed by atoms with van der Waals surface area (Å²) >= 11 is 0. The van der Waals surface area contributed by atoms with Crippen LogP contribution in [-0.4, -0.2) is 51.7 Å². The normalized spacial score (nSPS) is 16.5. The first kappa shape index (κ1) is 22.1. The van der Waals surface area contributed by atoms with E-state index in [9.17, 15) is 9.59 Å². The fourth-order valence-corrected chi connectivity index (χ4v) is 2.77. The van der Waals surface area contributed by atoms with E-state index in [1.54, 1.807) is 7.11 Å². The third-order valence-corrected chi connectivity index (χ3v) is 4.04. The van der Waals surface area contributed by atoms with Crippen molar-refractivity contribution in [2.45, 2.75) is 39.5 Å². The van der Waals surface area contributed by atoms with E-state index < -0.39 is 0 Å². The zero-order valence-corrected chi connectivity index (χ0v) is 15.4. The molecule has 2 amide bonds. The molecule has 0 aromatic rings. The average Bonchev–Trinajstić information content (AvgIpc) is 2.46. The second kappa shape index (κ2) is 11.6. The van der Waals surface area contributed by atoms with Gasteiger partial charge in [-0.25, -0.2) is 0 Å². The summed E-state index contributed by atoms with van der Waals surface area (Å²) in [6, 6.07) is 0. The predicted octanol–water partition coefficient (Wildman–Crippen LogP) is 1.09. The van der Waals surface area contributed by atoms with E-state index in [0.29, 0.717) is 38.5 Å². The number of amides is 2. The van der Waals surface area contributed by atoms with Gasteiger partial charge < -0.3 is 20.7 Å². The molecule has 0 bridgehead atoms. The van der Waals surface area contributed by atoms with Gasteiger partial charge in [0.05, 0.1) is 6.61 Å². The molecule has 0 aliphatic carbocycles.